The van der Waals surface area contributed by atoms with Crippen LogP contribution in [-0.4, -0.2) is 33.7 Å². The van der Waals surface area contributed by atoms with Crippen molar-refractivity contribution in [1.29, 1.82) is 0 Å². The molecular formula is C19H18ClF3N4O3. The van der Waals surface area contributed by atoms with Gasteiger partial charge in [-0.1, -0.05) is 11.6 Å². The van der Waals surface area contributed by atoms with Crippen LogP contribution in [0.15, 0.2) is 30.5 Å². The van der Waals surface area contributed by atoms with E-state index in [0.717, 1.165) is 16.7 Å². The summed E-state index contributed by atoms with van der Waals surface area (Å²) in [6, 6.07) is 5.49. The number of aromatic nitrogens is 3. The maximum atomic E-state index is 13.1. The van der Waals surface area contributed by atoms with Gasteiger partial charge in [-0.15, -0.1) is 10.2 Å². The molecule has 0 aliphatic carbocycles. The van der Waals surface area contributed by atoms with Gasteiger partial charge in [-0.25, -0.2) is 0 Å². The highest BCUT2D eigenvalue weighted by Gasteiger charge is 2.32. The predicted octanol–water partition coefficient (Wildman–Crippen LogP) is 4.13. The molecule has 1 amide bonds. The first-order valence-electron chi connectivity index (χ1n) is 9.02. The van der Waals surface area contributed by atoms with Gasteiger partial charge < -0.3 is 14.8 Å². The first-order valence-corrected chi connectivity index (χ1v) is 9.40. The van der Waals surface area contributed by atoms with Crippen molar-refractivity contribution in [2.45, 2.75) is 26.6 Å². The molecule has 0 spiro atoms. The van der Waals surface area contributed by atoms with Gasteiger partial charge in [0.05, 0.1) is 30.3 Å². The van der Waals surface area contributed by atoms with Crippen LogP contribution < -0.4 is 14.8 Å². The number of carbonyl (C=O) groups is 1. The lowest BCUT2D eigenvalue weighted by atomic mass is 10.2. The maximum Gasteiger partial charge on any atom is 0.417 e. The molecule has 3 aromatic rings. The molecular weight excluding hydrogens is 425 g/mol. The van der Waals surface area contributed by atoms with E-state index in [9.17, 15) is 18.0 Å². The van der Waals surface area contributed by atoms with E-state index in [1.807, 2.05) is 6.92 Å². The zero-order valence-corrected chi connectivity index (χ0v) is 16.8. The second-order valence-electron chi connectivity index (χ2n) is 6.09. The predicted molar refractivity (Wildman–Crippen MR) is 103 cm³/mol. The van der Waals surface area contributed by atoms with Crippen LogP contribution in [0.3, 0.4) is 0 Å². The second kappa shape index (κ2) is 8.78. The van der Waals surface area contributed by atoms with E-state index < -0.39 is 17.6 Å². The summed E-state index contributed by atoms with van der Waals surface area (Å²) in [6.45, 7) is 4.30. The van der Waals surface area contributed by atoms with Gasteiger partial charge >= 0.3 is 6.18 Å². The second-order valence-corrected chi connectivity index (χ2v) is 6.50. The van der Waals surface area contributed by atoms with Crippen LogP contribution in [0.4, 0.5) is 13.2 Å². The Morgan fingerprint density at radius 1 is 1.13 bits per heavy atom. The highest BCUT2D eigenvalue weighted by Crippen LogP contribution is 2.32. The fourth-order valence-corrected chi connectivity index (χ4v) is 2.98. The molecule has 0 fully saturated rings. The summed E-state index contributed by atoms with van der Waals surface area (Å²) >= 11 is 5.89. The van der Waals surface area contributed by atoms with Crippen LogP contribution in [0.1, 0.15) is 35.6 Å². The summed E-state index contributed by atoms with van der Waals surface area (Å²) in [6.07, 6.45) is -3.74. The third-order valence-electron chi connectivity index (χ3n) is 4.07. The minimum absolute atomic E-state index is 0.0635. The van der Waals surface area contributed by atoms with E-state index >= 15 is 0 Å². The van der Waals surface area contributed by atoms with Crippen LogP contribution in [0, 0.1) is 0 Å². The number of benzene rings is 1. The first kappa shape index (κ1) is 21.7. The summed E-state index contributed by atoms with van der Waals surface area (Å²) in [7, 11) is 0. The number of hydrogen-bond donors (Lipinski definition) is 1. The quantitative estimate of drug-likeness (QED) is 0.595. The Hall–Kier alpha value is -3.01. The van der Waals surface area contributed by atoms with E-state index in [0.29, 0.717) is 30.3 Å². The van der Waals surface area contributed by atoms with Crippen LogP contribution in [0.5, 0.6) is 11.5 Å². The normalized spacial score (nSPS) is 11.5. The average molecular weight is 443 g/mol. The standard InChI is InChI=1S/C19H18ClF3N4O3/c1-3-29-14-6-5-11(7-15(14)30-4-2)18(28)24-9-16-25-26-17-13(20)8-12(10-27(16)17)19(21,22)23/h5-8,10H,3-4,9H2,1-2H3,(H,24,28). The molecule has 30 heavy (non-hydrogen) atoms. The number of rotatable bonds is 7. The number of hydrogen-bond acceptors (Lipinski definition) is 5. The Morgan fingerprint density at radius 3 is 2.50 bits per heavy atom. The maximum absolute atomic E-state index is 13.1. The van der Waals surface area contributed by atoms with E-state index in [-0.39, 0.29) is 23.0 Å². The van der Waals surface area contributed by atoms with Gasteiger partial charge in [-0.2, -0.15) is 13.2 Å². The fourth-order valence-electron chi connectivity index (χ4n) is 2.73. The lowest BCUT2D eigenvalue weighted by Crippen LogP contribution is -2.24. The minimum atomic E-state index is -4.58. The Bertz CT molecular complexity index is 1070. The third kappa shape index (κ3) is 4.59. The van der Waals surface area contributed by atoms with Crippen LogP contribution in [0.2, 0.25) is 5.02 Å². The van der Waals surface area contributed by atoms with Crippen molar-refractivity contribution in [1.82, 2.24) is 19.9 Å². The SMILES string of the molecule is CCOc1ccc(C(=O)NCc2nnc3c(Cl)cc(C(F)(F)F)cn23)cc1OCC. The van der Waals surface area contributed by atoms with Crippen molar-refractivity contribution in [2.75, 3.05) is 13.2 Å². The zero-order chi connectivity index (χ0) is 21.9. The highest BCUT2D eigenvalue weighted by atomic mass is 35.5. The molecule has 0 atom stereocenters. The molecule has 160 valence electrons. The van der Waals surface area contributed by atoms with E-state index in [2.05, 4.69) is 15.5 Å². The van der Waals surface area contributed by atoms with E-state index in [1.165, 1.54) is 6.07 Å². The number of nitrogens with one attached hydrogen (secondary N) is 1. The first-order chi connectivity index (χ1) is 14.2. The van der Waals surface area contributed by atoms with Crippen molar-refractivity contribution < 1.29 is 27.4 Å². The Balaban J connectivity index is 1.81. The van der Waals surface area contributed by atoms with Crippen molar-refractivity contribution in [3.63, 3.8) is 0 Å². The topological polar surface area (TPSA) is 77.8 Å². The average Bonchev–Trinajstić information content (AvgIpc) is 3.11. The smallest absolute Gasteiger partial charge is 0.417 e. The largest absolute Gasteiger partial charge is 0.490 e. The summed E-state index contributed by atoms with van der Waals surface area (Å²) in [4.78, 5) is 12.5. The molecule has 0 saturated carbocycles. The molecule has 0 radical (unpaired) electrons. The van der Waals surface area contributed by atoms with Gasteiger partial charge in [-0.3, -0.25) is 9.20 Å². The van der Waals surface area contributed by atoms with Gasteiger partial charge in [-0.05, 0) is 38.1 Å². The fraction of sp³-hybridized carbons (Fsp3) is 0.316. The zero-order valence-electron chi connectivity index (χ0n) is 16.1. The Labute approximate surface area is 174 Å². The van der Waals surface area contributed by atoms with Crippen molar-refractivity contribution in [3.05, 3.63) is 52.4 Å². The molecule has 1 N–H and O–H groups in total. The van der Waals surface area contributed by atoms with Gasteiger partial charge in [0, 0.05) is 11.8 Å². The minimum Gasteiger partial charge on any atom is -0.490 e. The van der Waals surface area contributed by atoms with Gasteiger partial charge in [0.2, 0.25) is 0 Å². The molecule has 3 rings (SSSR count). The van der Waals surface area contributed by atoms with Crippen LogP contribution in [-0.2, 0) is 12.7 Å². The monoisotopic (exact) mass is 442 g/mol. The molecule has 11 heteroatoms. The number of ether oxygens (including phenoxy) is 2. The number of carbonyl (C=O) groups excluding carboxylic acids is 1. The van der Waals surface area contributed by atoms with Crippen LogP contribution >= 0.6 is 11.6 Å². The van der Waals surface area contributed by atoms with Gasteiger partial charge in [0.15, 0.2) is 23.0 Å². The number of amides is 1. The van der Waals surface area contributed by atoms with E-state index in [4.69, 9.17) is 21.1 Å². The lowest BCUT2D eigenvalue weighted by molar-refractivity contribution is -0.137. The van der Waals surface area contributed by atoms with Gasteiger partial charge in [0.25, 0.3) is 5.91 Å². The lowest BCUT2D eigenvalue weighted by Gasteiger charge is -2.12. The highest BCUT2D eigenvalue weighted by molar-refractivity contribution is 6.33. The molecule has 7 nitrogen and oxygen atoms in total. The van der Waals surface area contributed by atoms with E-state index in [1.54, 1.807) is 19.1 Å². The molecule has 0 aliphatic heterocycles. The summed E-state index contributed by atoms with van der Waals surface area (Å²) in [5.41, 5.74) is -0.585. The Morgan fingerprint density at radius 2 is 1.83 bits per heavy atom. The molecule has 2 heterocycles. The van der Waals surface area contributed by atoms with Gasteiger partial charge in [0.1, 0.15) is 0 Å². The Kier molecular flexibility index (Phi) is 6.35. The number of nitrogens with zero attached hydrogens (tertiary/aromatic N) is 3. The number of halogens is 4. The molecule has 2 aromatic heterocycles. The molecule has 0 aliphatic rings. The molecule has 0 saturated heterocycles. The van der Waals surface area contributed by atoms with Crippen LogP contribution in [0.25, 0.3) is 5.65 Å². The molecule has 1 aromatic carbocycles. The molecule has 0 bridgehead atoms. The summed E-state index contributed by atoms with van der Waals surface area (Å²) in [5, 5.41) is 10.0. The number of pyridine rings is 1. The molecule has 0 unspecified atom stereocenters. The summed E-state index contributed by atoms with van der Waals surface area (Å²) in [5.74, 6) is 0.561. The number of alkyl halides is 3. The number of fused-ring (bicyclic) bond motifs is 1. The van der Waals surface area contributed by atoms with Crippen molar-refractivity contribution in [3.8, 4) is 11.5 Å². The third-order valence-corrected chi connectivity index (χ3v) is 4.35. The summed E-state index contributed by atoms with van der Waals surface area (Å²) < 4.78 is 51.2. The van der Waals surface area contributed by atoms with Crippen molar-refractivity contribution in [2.24, 2.45) is 0 Å². The van der Waals surface area contributed by atoms with Crippen molar-refractivity contribution >= 4 is 23.2 Å².